The van der Waals surface area contributed by atoms with Crippen molar-refractivity contribution in [3.63, 3.8) is 0 Å². The highest BCUT2D eigenvalue weighted by molar-refractivity contribution is 5.93. The third-order valence-corrected chi connectivity index (χ3v) is 4.09. The second-order valence-corrected chi connectivity index (χ2v) is 5.26. The molecule has 1 aromatic carbocycles. The van der Waals surface area contributed by atoms with Crippen molar-refractivity contribution in [2.45, 2.75) is 12.0 Å². The Morgan fingerprint density at radius 1 is 1.38 bits per heavy atom. The van der Waals surface area contributed by atoms with Crippen molar-refractivity contribution in [2.75, 3.05) is 38.7 Å². The molecule has 2 aliphatic rings. The Kier molecular flexibility index (Phi) is 3.79. The molecule has 2 atom stereocenters. The average Bonchev–Trinajstić information content (AvgIpc) is 2.97. The Morgan fingerprint density at radius 2 is 2.19 bits per heavy atom. The maximum absolute atomic E-state index is 12.8. The second kappa shape index (κ2) is 5.73. The summed E-state index contributed by atoms with van der Waals surface area (Å²) in [6, 6.07) is 7.28. The number of fused-ring (bicyclic) bond motifs is 1. The number of rotatable bonds is 2. The summed E-state index contributed by atoms with van der Waals surface area (Å²) in [6.45, 7) is 1.76. The van der Waals surface area contributed by atoms with E-state index in [0.717, 1.165) is 11.3 Å². The number of nitrogens with one attached hydrogen (secondary N) is 2. The lowest BCUT2D eigenvalue weighted by atomic mass is 9.98. The number of nitrogens with zero attached hydrogens (tertiary/aromatic N) is 1. The quantitative estimate of drug-likeness (QED) is 0.814. The van der Waals surface area contributed by atoms with E-state index in [9.17, 15) is 9.59 Å². The molecule has 0 aromatic heterocycles. The Labute approximate surface area is 123 Å². The summed E-state index contributed by atoms with van der Waals surface area (Å²) in [7, 11) is 1.58. The number of amides is 2. The number of carbonyl (C=O) groups is 2. The number of hydrogen-bond donors (Lipinski definition) is 2. The van der Waals surface area contributed by atoms with Gasteiger partial charge < -0.3 is 20.3 Å². The van der Waals surface area contributed by atoms with Crippen molar-refractivity contribution in [1.82, 2.24) is 10.2 Å². The van der Waals surface area contributed by atoms with Crippen LogP contribution in [-0.2, 0) is 14.3 Å². The first-order valence-corrected chi connectivity index (χ1v) is 7.15. The number of anilines is 1. The number of morpholine rings is 1. The molecule has 112 valence electrons. The van der Waals surface area contributed by atoms with Crippen molar-refractivity contribution >= 4 is 17.5 Å². The zero-order valence-electron chi connectivity index (χ0n) is 12.0. The summed E-state index contributed by atoms with van der Waals surface area (Å²) >= 11 is 0. The lowest BCUT2D eigenvalue weighted by Crippen LogP contribution is -2.56. The first-order chi connectivity index (χ1) is 10.2. The minimum atomic E-state index is -0.538. The molecule has 6 nitrogen and oxygen atoms in total. The van der Waals surface area contributed by atoms with Gasteiger partial charge in [0.15, 0.2) is 0 Å². The minimum Gasteiger partial charge on any atom is -0.384 e. The predicted octanol–water partition coefficient (Wildman–Crippen LogP) is 0.169. The van der Waals surface area contributed by atoms with Crippen LogP contribution in [0.2, 0.25) is 0 Å². The van der Waals surface area contributed by atoms with E-state index in [2.05, 4.69) is 10.6 Å². The maximum atomic E-state index is 12.8. The Hall–Kier alpha value is -2.08. The minimum absolute atomic E-state index is 0.00986. The maximum Gasteiger partial charge on any atom is 0.244 e. The van der Waals surface area contributed by atoms with E-state index in [1.165, 1.54) is 0 Å². The highest BCUT2D eigenvalue weighted by atomic mass is 16.5. The molecule has 1 saturated heterocycles. The van der Waals surface area contributed by atoms with E-state index in [0.29, 0.717) is 19.7 Å². The van der Waals surface area contributed by atoms with Crippen LogP contribution in [0.15, 0.2) is 24.3 Å². The van der Waals surface area contributed by atoms with Crippen LogP contribution in [-0.4, -0.2) is 56.1 Å². The first kappa shape index (κ1) is 13.9. The third kappa shape index (κ3) is 2.47. The molecular weight excluding hydrogens is 270 g/mol. The fourth-order valence-corrected chi connectivity index (χ4v) is 2.96. The summed E-state index contributed by atoms with van der Waals surface area (Å²) in [6.07, 6.45) is 0. The van der Waals surface area contributed by atoms with Gasteiger partial charge in [0.05, 0.1) is 19.1 Å². The van der Waals surface area contributed by atoms with Crippen LogP contribution in [0.1, 0.15) is 11.5 Å². The van der Waals surface area contributed by atoms with Gasteiger partial charge in [0, 0.05) is 25.8 Å². The summed E-state index contributed by atoms with van der Waals surface area (Å²) in [4.78, 5) is 26.4. The lowest BCUT2D eigenvalue weighted by molar-refractivity contribution is -0.149. The molecule has 2 amide bonds. The van der Waals surface area contributed by atoms with Gasteiger partial charge in [0.2, 0.25) is 11.8 Å². The Balaban J connectivity index is 1.82. The highest BCUT2D eigenvalue weighted by Crippen LogP contribution is 2.33. The van der Waals surface area contributed by atoms with Crippen LogP contribution in [0, 0.1) is 0 Å². The molecule has 2 unspecified atom stereocenters. The van der Waals surface area contributed by atoms with Crippen LogP contribution in [0.5, 0.6) is 0 Å². The van der Waals surface area contributed by atoms with Gasteiger partial charge >= 0.3 is 0 Å². The highest BCUT2D eigenvalue weighted by Gasteiger charge is 2.38. The summed E-state index contributed by atoms with van der Waals surface area (Å²) in [5, 5.41) is 5.85. The predicted molar refractivity (Wildman–Crippen MR) is 78.1 cm³/mol. The van der Waals surface area contributed by atoms with Crippen molar-refractivity contribution in [2.24, 2.45) is 0 Å². The zero-order valence-corrected chi connectivity index (χ0v) is 12.0. The smallest absolute Gasteiger partial charge is 0.244 e. The molecule has 1 fully saturated rings. The summed E-state index contributed by atoms with van der Waals surface area (Å²) in [5.74, 6) is -0.418. The normalized spacial score (nSPS) is 24.1. The molecule has 21 heavy (non-hydrogen) atoms. The average molecular weight is 289 g/mol. The van der Waals surface area contributed by atoms with Gasteiger partial charge in [0.25, 0.3) is 0 Å². The number of para-hydroxylation sites is 1. The molecule has 6 heteroatoms. The van der Waals surface area contributed by atoms with E-state index >= 15 is 0 Å². The first-order valence-electron chi connectivity index (χ1n) is 7.15. The number of hydrogen-bond acceptors (Lipinski definition) is 4. The van der Waals surface area contributed by atoms with Crippen LogP contribution in [0.3, 0.4) is 0 Å². The standard InChI is InChI=1S/C15H19N3O3/c1-16-14(19)13-9-21-7-6-18(13)15(20)11-8-17-12-5-3-2-4-10(11)12/h2-5,11,13,17H,6-9H2,1H3,(H,16,19). The molecule has 0 aliphatic carbocycles. The molecule has 0 saturated carbocycles. The molecule has 2 heterocycles. The van der Waals surface area contributed by atoms with Gasteiger partial charge in [-0.1, -0.05) is 18.2 Å². The van der Waals surface area contributed by atoms with Gasteiger partial charge in [-0.15, -0.1) is 0 Å². The number of ether oxygens (including phenoxy) is 1. The van der Waals surface area contributed by atoms with Crippen molar-refractivity contribution in [1.29, 1.82) is 0 Å². The van der Waals surface area contributed by atoms with E-state index in [-0.39, 0.29) is 24.3 Å². The van der Waals surface area contributed by atoms with E-state index in [1.807, 2.05) is 24.3 Å². The zero-order chi connectivity index (χ0) is 14.8. The molecule has 0 radical (unpaired) electrons. The van der Waals surface area contributed by atoms with E-state index < -0.39 is 6.04 Å². The monoisotopic (exact) mass is 289 g/mol. The molecule has 0 bridgehead atoms. The van der Waals surface area contributed by atoms with E-state index in [4.69, 9.17) is 4.74 Å². The van der Waals surface area contributed by atoms with Crippen molar-refractivity contribution < 1.29 is 14.3 Å². The van der Waals surface area contributed by atoms with Crippen molar-refractivity contribution in [3.05, 3.63) is 29.8 Å². The van der Waals surface area contributed by atoms with Gasteiger partial charge in [-0.2, -0.15) is 0 Å². The SMILES string of the molecule is CNC(=O)C1COCCN1C(=O)C1CNc2ccccc21. The molecule has 3 rings (SSSR count). The van der Waals surface area contributed by atoms with Crippen molar-refractivity contribution in [3.8, 4) is 0 Å². The topological polar surface area (TPSA) is 70.7 Å². The lowest BCUT2D eigenvalue weighted by Gasteiger charge is -2.35. The number of likely N-dealkylation sites (N-methyl/N-ethyl adjacent to an activating group) is 1. The number of benzene rings is 1. The van der Waals surface area contributed by atoms with Crippen LogP contribution in [0.4, 0.5) is 5.69 Å². The van der Waals surface area contributed by atoms with Gasteiger partial charge in [-0.25, -0.2) is 0 Å². The van der Waals surface area contributed by atoms with Gasteiger partial charge in [-0.3, -0.25) is 9.59 Å². The molecular formula is C15H19N3O3. The Bertz CT molecular complexity index is 561. The van der Waals surface area contributed by atoms with E-state index in [1.54, 1.807) is 11.9 Å². The molecule has 2 aliphatic heterocycles. The summed E-state index contributed by atoms with van der Waals surface area (Å²) < 4.78 is 5.35. The van der Waals surface area contributed by atoms with Gasteiger partial charge in [-0.05, 0) is 11.6 Å². The fraction of sp³-hybridized carbons (Fsp3) is 0.467. The molecule has 2 N–H and O–H groups in total. The third-order valence-electron chi connectivity index (χ3n) is 4.09. The van der Waals surface area contributed by atoms with Crippen LogP contribution >= 0.6 is 0 Å². The van der Waals surface area contributed by atoms with Crippen LogP contribution in [0.25, 0.3) is 0 Å². The van der Waals surface area contributed by atoms with Crippen LogP contribution < -0.4 is 10.6 Å². The summed E-state index contributed by atoms with van der Waals surface area (Å²) in [5.41, 5.74) is 2.00. The molecule has 0 spiro atoms. The largest absolute Gasteiger partial charge is 0.384 e. The second-order valence-electron chi connectivity index (χ2n) is 5.26. The number of carbonyl (C=O) groups excluding carboxylic acids is 2. The fourth-order valence-electron chi connectivity index (χ4n) is 2.96. The van der Waals surface area contributed by atoms with Gasteiger partial charge in [0.1, 0.15) is 6.04 Å². The molecule has 1 aromatic rings. The Morgan fingerprint density at radius 3 is 3.00 bits per heavy atom.